The fourth-order valence-corrected chi connectivity index (χ4v) is 0.864. The van der Waals surface area contributed by atoms with Crippen LogP contribution < -0.4 is 0 Å². The van der Waals surface area contributed by atoms with Gasteiger partial charge in [-0.25, -0.2) is 0 Å². The van der Waals surface area contributed by atoms with Crippen LogP contribution in [0.1, 0.15) is 26.7 Å². The molecule has 0 fully saturated rings. The molecule has 0 saturated carbocycles. The van der Waals surface area contributed by atoms with Crippen LogP contribution in [0.5, 0.6) is 0 Å². The maximum Gasteiger partial charge on any atom is 0.166 e. The molecular weight excluding hydrogens is 200 g/mol. The van der Waals surface area contributed by atoms with Gasteiger partial charge in [-0.2, -0.15) is 10.1 Å². The van der Waals surface area contributed by atoms with Gasteiger partial charge in [0.2, 0.25) is 0 Å². The van der Waals surface area contributed by atoms with Gasteiger partial charge in [0.05, 0.1) is 6.54 Å². The van der Waals surface area contributed by atoms with Crippen molar-refractivity contribution < 1.29 is 20.6 Å². The molecule has 0 unspecified atom stereocenters. The number of aliphatic hydroxyl groups is 2. The highest BCUT2D eigenvalue weighted by atomic mass is 16.5. The third-order valence-corrected chi connectivity index (χ3v) is 1.39. The van der Waals surface area contributed by atoms with E-state index in [0.29, 0.717) is 5.06 Å². The summed E-state index contributed by atoms with van der Waals surface area (Å²) in [4.78, 5) is 0. The van der Waals surface area contributed by atoms with Crippen LogP contribution in [-0.2, 0) is 0 Å². The van der Waals surface area contributed by atoms with Crippen LogP contribution in [0.4, 0.5) is 0 Å². The minimum absolute atomic E-state index is 0.139. The third kappa shape index (κ3) is 20.0. The summed E-state index contributed by atoms with van der Waals surface area (Å²) in [5.74, 6) is 0. The van der Waals surface area contributed by atoms with Crippen molar-refractivity contribution in [1.82, 2.24) is 10.1 Å². The van der Waals surface area contributed by atoms with Gasteiger partial charge >= 0.3 is 0 Å². The summed E-state index contributed by atoms with van der Waals surface area (Å²) in [7, 11) is 1.33. The van der Waals surface area contributed by atoms with Crippen LogP contribution in [-0.4, -0.2) is 63.7 Å². The molecule has 94 valence electrons. The monoisotopic (exact) mass is 224 g/mol. The Labute approximate surface area is 91.3 Å². The number of hydrogen-bond donors (Lipinski definition) is 4. The molecule has 0 atom stereocenters. The Balaban J connectivity index is 0. The summed E-state index contributed by atoms with van der Waals surface area (Å²) >= 11 is 0. The van der Waals surface area contributed by atoms with Crippen molar-refractivity contribution in [3.8, 4) is 0 Å². The summed E-state index contributed by atoms with van der Waals surface area (Å²) in [6, 6.07) is 0. The van der Waals surface area contributed by atoms with E-state index in [2.05, 4.69) is 13.8 Å². The van der Waals surface area contributed by atoms with Crippen LogP contribution in [0.15, 0.2) is 0 Å². The summed E-state index contributed by atoms with van der Waals surface area (Å²) in [6.45, 7) is 5.57. The molecule has 0 heterocycles. The zero-order valence-electron chi connectivity index (χ0n) is 9.80. The van der Waals surface area contributed by atoms with Gasteiger partial charge in [0.1, 0.15) is 0 Å². The predicted octanol–water partition coefficient (Wildman–Crippen LogP) is 0.116. The molecule has 6 heteroatoms. The maximum absolute atomic E-state index is 8.88. The fraction of sp³-hybridized carbons (Fsp3) is 1.00. The highest BCUT2D eigenvalue weighted by molar-refractivity contribution is 4.39. The topological polar surface area (TPSA) is 87.4 Å². The van der Waals surface area contributed by atoms with Crippen molar-refractivity contribution in [2.24, 2.45) is 0 Å². The molecule has 0 bridgehead atoms. The van der Waals surface area contributed by atoms with E-state index in [0.717, 1.165) is 25.9 Å². The lowest BCUT2D eigenvalue weighted by atomic mass is 10.4. The maximum atomic E-state index is 8.88. The van der Waals surface area contributed by atoms with Crippen LogP contribution in [0.25, 0.3) is 0 Å². The van der Waals surface area contributed by atoms with E-state index in [9.17, 15) is 0 Å². The smallest absolute Gasteiger partial charge is 0.166 e. The van der Waals surface area contributed by atoms with Gasteiger partial charge in [0.15, 0.2) is 6.29 Å². The quantitative estimate of drug-likeness (QED) is 0.378. The Morgan fingerprint density at radius 2 is 1.40 bits per heavy atom. The fourth-order valence-electron chi connectivity index (χ4n) is 0.864. The molecule has 4 N–H and O–H groups in total. The molecule has 0 saturated heterocycles. The lowest BCUT2D eigenvalue weighted by molar-refractivity contribution is -0.142. The Hall–Kier alpha value is -0.240. The summed E-state index contributed by atoms with van der Waals surface area (Å²) in [6.07, 6.45) is 0.600. The number of likely N-dealkylation sites (N-methyl/N-ethyl adjacent to an activating group) is 1. The second-order valence-corrected chi connectivity index (χ2v) is 3.27. The molecule has 0 aromatic carbocycles. The molecule has 15 heavy (non-hydrogen) atoms. The van der Waals surface area contributed by atoms with Crippen LogP contribution in [0.3, 0.4) is 0 Å². The Kier molecular flexibility index (Phi) is 13.5. The first kappa shape index (κ1) is 17.2. The highest BCUT2D eigenvalue weighted by Crippen LogP contribution is 1.86. The molecule has 0 aliphatic rings. The van der Waals surface area contributed by atoms with Crippen LogP contribution in [0, 0.1) is 0 Å². The molecule has 6 nitrogen and oxygen atoms in total. The first-order valence-electron chi connectivity index (χ1n) is 5.13. The molecular formula is C9H24N2O4. The normalized spacial score (nSPS) is 10.8. The van der Waals surface area contributed by atoms with E-state index >= 15 is 0 Å². The van der Waals surface area contributed by atoms with Crippen molar-refractivity contribution in [3.05, 3.63) is 0 Å². The Morgan fingerprint density at radius 3 is 1.53 bits per heavy atom. The van der Waals surface area contributed by atoms with E-state index in [1.165, 1.54) is 12.1 Å². The lowest BCUT2D eigenvalue weighted by Gasteiger charge is -2.10. The summed E-state index contributed by atoms with van der Waals surface area (Å²) < 4.78 is 0. The van der Waals surface area contributed by atoms with Crippen molar-refractivity contribution in [1.29, 1.82) is 0 Å². The predicted molar refractivity (Wildman–Crippen MR) is 56.6 cm³/mol. The van der Waals surface area contributed by atoms with Gasteiger partial charge in [-0.1, -0.05) is 13.8 Å². The second kappa shape index (κ2) is 11.8. The molecule has 0 amide bonds. The van der Waals surface area contributed by atoms with Gasteiger partial charge in [-0.05, 0) is 12.8 Å². The van der Waals surface area contributed by atoms with E-state index in [4.69, 9.17) is 20.6 Å². The lowest BCUT2D eigenvalue weighted by Crippen LogP contribution is -2.25. The van der Waals surface area contributed by atoms with Gasteiger partial charge in [0.25, 0.3) is 0 Å². The van der Waals surface area contributed by atoms with Crippen molar-refractivity contribution in [2.75, 3.05) is 26.7 Å². The van der Waals surface area contributed by atoms with Crippen molar-refractivity contribution >= 4 is 0 Å². The van der Waals surface area contributed by atoms with Gasteiger partial charge in [-0.3, -0.25) is 0 Å². The minimum Gasteiger partial charge on any atom is -0.367 e. The number of aliphatic hydroxyl groups excluding tert-OH is 1. The van der Waals surface area contributed by atoms with Crippen molar-refractivity contribution in [3.63, 3.8) is 0 Å². The van der Waals surface area contributed by atoms with E-state index in [-0.39, 0.29) is 6.54 Å². The number of rotatable bonds is 6. The number of hydrogen-bond acceptors (Lipinski definition) is 6. The van der Waals surface area contributed by atoms with Crippen molar-refractivity contribution in [2.45, 2.75) is 33.0 Å². The van der Waals surface area contributed by atoms with E-state index in [1.807, 2.05) is 0 Å². The number of hydroxylamine groups is 4. The van der Waals surface area contributed by atoms with Gasteiger partial charge in [0, 0.05) is 20.1 Å². The number of nitrogens with zero attached hydrogens (tertiary/aromatic N) is 2. The highest BCUT2D eigenvalue weighted by Gasteiger charge is 1.97. The zero-order chi connectivity index (χ0) is 12.3. The average Bonchev–Trinajstić information content (AvgIpc) is 2.03. The zero-order valence-corrected chi connectivity index (χ0v) is 9.80. The first-order valence-corrected chi connectivity index (χ1v) is 5.13. The molecule has 0 rings (SSSR count). The molecule has 0 radical (unpaired) electrons. The van der Waals surface area contributed by atoms with E-state index < -0.39 is 6.29 Å². The SMILES string of the molecule is CCCN(O)CCC.CN(O)CC(O)O. The molecule has 0 aliphatic carbocycles. The molecule has 0 aromatic rings. The Morgan fingerprint density at radius 1 is 1.00 bits per heavy atom. The summed E-state index contributed by atoms with van der Waals surface area (Å²) in [5.41, 5.74) is 0. The molecule has 0 spiro atoms. The average molecular weight is 224 g/mol. The third-order valence-electron chi connectivity index (χ3n) is 1.39. The molecule has 0 aliphatic heterocycles. The first-order chi connectivity index (χ1) is 6.93. The largest absolute Gasteiger partial charge is 0.367 e. The van der Waals surface area contributed by atoms with Gasteiger partial charge < -0.3 is 20.6 Å². The standard InChI is InChI=1S/C6H15NO.C3H9NO3/c1-3-5-7(8)6-4-2;1-4(7)2-3(5)6/h8H,3-6H2,1-2H3;3,5-7H,2H2,1H3. The van der Waals surface area contributed by atoms with Crippen LogP contribution in [0.2, 0.25) is 0 Å². The van der Waals surface area contributed by atoms with E-state index in [1.54, 1.807) is 0 Å². The summed E-state index contributed by atoms with van der Waals surface area (Å²) in [5, 5.41) is 35.3. The van der Waals surface area contributed by atoms with Crippen LogP contribution >= 0.6 is 0 Å². The Bertz CT molecular complexity index is 111. The van der Waals surface area contributed by atoms with Gasteiger partial charge in [-0.15, -0.1) is 0 Å². The minimum atomic E-state index is -1.45. The molecule has 0 aromatic heterocycles. The second-order valence-electron chi connectivity index (χ2n) is 3.27.